The first-order chi connectivity index (χ1) is 32.1. The third-order valence-corrected chi connectivity index (χ3v) is 12.8. The minimum absolute atomic E-state index is 0.869. The molecule has 0 aromatic rings. The second-order valence-corrected chi connectivity index (χ2v) is 17.5. The number of carbonyl (C=O) groups excluding carboxylic acids is 1. The van der Waals surface area contributed by atoms with Crippen molar-refractivity contribution in [3.05, 3.63) is 0 Å². The summed E-state index contributed by atoms with van der Waals surface area (Å²) in [5.41, 5.74) is 0. The van der Waals surface area contributed by atoms with E-state index in [1.54, 1.807) is 0 Å². The van der Waals surface area contributed by atoms with Crippen LogP contribution in [0.1, 0.15) is 20.8 Å². The number of rotatable bonds is 15. The van der Waals surface area contributed by atoms with E-state index in [0.29, 0.717) is 0 Å². The number of hydrogen-bond donors (Lipinski definition) is 18. The number of hydrogen-bond acceptors (Lipinski definition) is 29. The summed E-state index contributed by atoms with van der Waals surface area (Å²) in [6.07, 6.45) is -53.5. The maximum Gasteiger partial charge on any atom is 0.217 e. The van der Waals surface area contributed by atoms with Gasteiger partial charge < -0.3 is 144 Å². The van der Waals surface area contributed by atoms with Crippen LogP contribution in [-0.4, -0.2) is 303 Å². The van der Waals surface area contributed by atoms with E-state index in [1.807, 2.05) is 0 Å². The van der Waals surface area contributed by atoms with Crippen LogP contribution in [0.4, 0.5) is 0 Å². The van der Waals surface area contributed by atoms with Gasteiger partial charge in [-0.25, -0.2) is 0 Å². The Bertz CT molecular complexity index is 1590. The molecule has 30 atom stereocenters. The van der Waals surface area contributed by atoms with E-state index in [-0.39, 0.29) is 0 Å². The Labute approximate surface area is 386 Å². The van der Waals surface area contributed by atoms with Crippen molar-refractivity contribution in [2.75, 3.05) is 26.4 Å². The van der Waals surface area contributed by atoms with Crippen LogP contribution < -0.4 is 5.32 Å². The van der Waals surface area contributed by atoms with Gasteiger partial charge in [0.05, 0.1) is 38.6 Å². The number of nitrogens with one attached hydrogen (secondary N) is 1. The zero-order valence-corrected chi connectivity index (χ0v) is 36.7. The van der Waals surface area contributed by atoms with Crippen molar-refractivity contribution in [2.45, 2.75) is 205 Å². The van der Waals surface area contributed by atoms with Gasteiger partial charge >= 0.3 is 0 Å². The smallest absolute Gasteiger partial charge is 0.217 e. The molecule has 0 aromatic carbocycles. The van der Waals surface area contributed by atoms with Crippen molar-refractivity contribution in [1.82, 2.24) is 5.32 Å². The number of amides is 1. The van der Waals surface area contributed by atoms with Crippen molar-refractivity contribution >= 4 is 5.91 Å². The van der Waals surface area contributed by atoms with Crippen LogP contribution in [-0.2, 0) is 56.9 Å². The molecule has 6 fully saturated rings. The van der Waals surface area contributed by atoms with E-state index < -0.39 is 217 Å². The van der Waals surface area contributed by atoms with Crippen LogP contribution in [0.3, 0.4) is 0 Å². The van der Waals surface area contributed by atoms with E-state index in [9.17, 15) is 91.6 Å². The lowest BCUT2D eigenvalue weighted by atomic mass is 9.94. The van der Waals surface area contributed by atoms with Crippen molar-refractivity contribution in [3.8, 4) is 0 Å². The fourth-order valence-electron chi connectivity index (χ4n) is 8.78. The Hall–Kier alpha value is -1.65. The normalized spacial score (nSPS) is 52.6. The van der Waals surface area contributed by atoms with Crippen LogP contribution in [0.15, 0.2) is 0 Å². The maximum absolute atomic E-state index is 12.8. The highest BCUT2D eigenvalue weighted by atomic mass is 16.8. The zero-order valence-electron chi connectivity index (χ0n) is 36.7. The SMILES string of the molecule is CC(=O)NC1[C@H](O[C@@H]2C(O[C@@H]3OC(C)[C@@H](O)[C@H](O)C3O)[C@H](O[C@@H]3C(CO)OC(O)C(O)[C@H]3O)OC(CO)[C@@H]2O)OC(CO)[C@@H](O)[C@@H]1O[C@@H]1OC(CO)[C@H](O[C@@H]2OC(C)[C@@H](O)C(O)C2O)[C@H](O)C1O. The summed E-state index contributed by atoms with van der Waals surface area (Å²) in [5.74, 6) is -0.869. The van der Waals surface area contributed by atoms with Crippen LogP contribution in [0.5, 0.6) is 0 Å². The van der Waals surface area contributed by atoms with E-state index in [1.165, 1.54) is 13.8 Å². The van der Waals surface area contributed by atoms with Crippen molar-refractivity contribution in [3.63, 3.8) is 0 Å². The monoisotopic (exact) mass is 999 g/mol. The second kappa shape index (κ2) is 23.5. The molecule has 0 aromatic heterocycles. The Balaban J connectivity index is 1.32. The van der Waals surface area contributed by atoms with Gasteiger partial charge in [-0.15, -0.1) is 0 Å². The molecule has 0 bridgehead atoms. The van der Waals surface area contributed by atoms with Gasteiger partial charge in [0.1, 0.15) is 134 Å². The molecule has 6 aliphatic rings. The lowest BCUT2D eigenvalue weighted by molar-refractivity contribution is -0.404. The molecule has 14 unspecified atom stereocenters. The molecule has 1 amide bonds. The lowest BCUT2D eigenvalue weighted by Crippen LogP contribution is -2.71. The highest BCUT2D eigenvalue weighted by Crippen LogP contribution is 2.38. The Morgan fingerprint density at radius 2 is 0.750 bits per heavy atom. The summed E-state index contributed by atoms with van der Waals surface area (Å²) in [7, 11) is 0. The van der Waals surface area contributed by atoms with Gasteiger partial charge in [-0.05, 0) is 13.8 Å². The average Bonchev–Trinajstić information content (AvgIpc) is 3.31. The molecule has 396 valence electrons. The topological polar surface area (TPSA) is 475 Å². The van der Waals surface area contributed by atoms with E-state index >= 15 is 0 Å². The molecule has 0 saturated carbocycles. The summed E-state index contributed by atoms with van der Waals surface area (Å²) in [6.45, 7) is -0.329. The third kappa shape index (κ3) is 11.4. The third-order valence-electron chi connectivity index (χ3n) is 12.8. The first-order valence-corrected chi connectivity index (χ1v) is 21.8. The summed E-state index contributed by atoms with van der Waals surface area (Å²) >= 11 is 0. The van der Waals surface area contributed by atoms with Crippen molar-refractivity contribution in [2.24, 2.45) is 0 Å². The van der Waals surface area contributed by atoms with Gasteiger partial charge in [0.25, 0.3) is 0 Å². The molecule has 6 aliphatic heterocycles. The predicted molar refractivity (Wildman–Crippen MR) is 208 cm³/mol. The molecular weight excluding hydrogens is 934 g/mol. The molecule has 30 nitrogen and oxygen atoms in total. The zero-order chi connectivity index (χ0) is 50.2. The van der Waals surface area contributed by atoms with Gasteiger partial charge in [-0.3, -0.25) is 4.79 Å². The van der Waals surface area contributed by atoms with Gasteiger partial charge in [0, 0.05) is 6.92 Å². The quantitative estimate of drug-likeness (QED) is 0.0724. The van der Waals surface area contributed by atoms with Gasteiger partial charge in [0.2, 0.25) is 5.91 Å². The molecule has 18 N–H and O–H groups in total. The summed E-state index contributed by atoms with van der Waals surface area (Å²) in [5, 5.41) is 184. The standard InChI is InChI=1S/C38H65NO29/c1-8-16(45)20(49)25(54)35(58-8)64-29-14(7-43)63-37(27(56)23(29)52)66-30-15(39-10(3)44)34(61-11(4-40)18(30)47)67-31-19(48)12(5-41)62-38(65-28-13(6-42)60-33(57)24(53)22(28)51)32(31)68-36-26(55)21(50)17(46)9(2)59-36/h8-9,11-38,40-43,45-57H,4-7H2,1-3H3,(H,39,44)/t8?,9?,11?,12?,13?,14?,15?,16-,17-,18-,19+,20?,21+,22-,23-,24?,25?,26?,27?,28-,29+,30-,31+,32?,33?,34+,35+,36+,37+,38+/m1/s1. The summed E-state index contributed by atoms with van der Waals surface area (Å²) in [6, 6.07) is -1.81. The summed E-state index contributed by atoms with van der Waals surface area (Å²) in [4.78, 5) is 12.8. The second-order valence-electron chi connectivity index (χ2n) is 17.5. The molecule has 68 heavy (non-hydrogen) atoms. The Morgan fingerprint density at radius 3 is 1.25 bits per heavy atom. The summed E-state index contributed by atoms with van der Waals surface area (Å²) < 4.78 is 63.5. The molecule has 30 heteroatoms. The first-order valence-electron chi connectivity index (χ1n) is 21.8. The highest BCUT2D eigenvalue weighted by Gasteiger charge is 2.58. The molecule has 6 saturated heterocycles. The minimum atomic E-state index is -2.16. The highest BCUT2D eigenvalue weighted by molar-refractivity contribution is 5.73. The van der Waals surface area contributed by atoms with E-state index in [0.717, 1.165) is 6.92 Å². The fourth-order valence-corrected chi connectivity index (χ4v) is 8.78. The van der Waals surface area contributed by atoms with Gasteiger partial charge in [0.15, 0.2) is 37.7 Å². The Morgan fingerprint density at radius 1 is 0.382 bits per heavy atom. The molecule has 0 aliphatic carbocycles. The molecule has 0 radical (unpaired) electrons. The number of carbonyl (C=O) groups is 1. The minimum Gasteiger partial charge on any atom is -0.394 e. The van der Waals surface area contributed by atoms with E-state index in [2.05, 4.69) is 5.32 Å². The molecule has 6 heterocycles. The van der Waals surface area contributed by atoms with Crippen molar-refractivity contribution in [1.29, 1.82) is 0 Å². The first kappa shape index (κ1) is 55.7. The largest absolute Gasteiger partial charge is 0.394 e. The number of ether oxygens (including phenoxy) is 11. The van der Waals surface area contributed by atoms with E-state index in [4.69, 9.17) is 52.1 Å². The fraction of sp³-hybridized carbons (Fsp3) is 0.974. The van der Waals surface area contributed by atoms with Crippen LogP contribution in [0.2, 0.25) is 0 Å². The van der Waals surface area contributed by atoms with Crippen LogP contribution in [0, 0.1) is 0 Å². The van der Waals surface area contributed by atoms with Gasteiger partial charge in [-0.2, -0.15) is 0 Å². The van der Waals surface area contributed by atoms with Gasteiger partial charge in [-0.1, -0.05) is 0 Å². The van der Waals surface area contributed by atoms with Crippen molar-refractivity contribution < 1.29 is 144 Å². The molecule has 6 rings (SSSR count). The van der Waals surface area contributed by atoms with Crippen LogP contribution >= 0.6 is 0 Å². The predicted octanol–water partition coefficient (Wildman–Crippen LogP) is -11.9. The number of aliphatic hydroxyl groups is 17. The Kier molecular flexibility index (Phi) is 19.2. The molecule has 0 spiro atoms. The maximum atomic E-state index is 12.8. The van der Waals surface area contributed by atoms with Crippen LogP contribution in [0.25, 0.3) is 0 Å². The average molecular weight is 1000 g/mol. The number of aliphatic hydroxyl groups excluding tert-OH is 17. The lowest BCUT2D eigenvalue weighted by Gasteiger charge is -2.51. The molecular formula is C38H65NO29.